The summed E-state index contributed by atoms with van der Waals surface area (Å²) in [5.74, 6) is -1.34. The third-order valence-corrected chi connectivity index (χ3v) is 2.77. The molecule has 1 rings (SSSR count). The fourth-order valence-corrected chi connectivity index (χ4v) is 2.04. The first kappa shape index (κ1) is 14.4. The summed E-state index contributed by atoms with van der Waals surface area (Å²) in [5, 5.41) is 10.8. The monoisotopic (exact) mass is 258 g/mol. The number of carbonyl (C=O) groups excluding carboxylic acids is 2. The van der Waals surface area contributed by atoms with E-state index in [9.17, 15) is 14.4 Å². The first-order valence-electron chi connectivity index (χ1n) is 5.95. The second-order valence-electron chi connectivity index (χ2n) is 4.13. The molecule has 1 unspecified atom stereocenters. The minimum atomic E-state index is -0.877. The van der Waals surface area contributed by atoms with E-state index in [1.165, 1.54) is 0 Å². The van der Waals surface area contributed by atoms with Gasteiger partial charge in [-0.3, -0.25) is 19.8 Å². The fourth-order valence-electron chi connectivity index (χ4n) is 2.04. The van der Waals surface area contributed by atoms with Gasteiger partial charge in [-0.1, -0.05) is 0 Å². The Kier molecular flexibility index (Phi) is 5.57. The molecule has 0 aromatic heterocycles. The molecule has 1 aliphatic heterocycles. The molecule has 0 saturated carbocycles. The molecule has 1 fully saturated rings. The van der Waals surface area contributed by atoms with E-state index in [1.807, 2.05) is 0 Å². The zero-order chi connectivity index (χ0) is 13.5. The average Bonchev–Trinajstić information content (AvgIpc) is 2.64. The van der Waals surface area contributed by atoms with Crippen LogP contribution in [0, 0.1) is 0 Å². The van der Waals surface area contributed by atoms with E-state index in [0.717, 1.165) is 12.8 Å². The normalized spacial score (nSPS) is 19.5. The summed E-state index contributed by atoms with van der Waals surface area (Å²) in [6.07, 6.45) is 0.882. The first-order valence-corrected chi connectivity index (χ1v) is 5.95. The van der Waals surface area contributed by atoms with Gasteiger partial charge in [0.15, 0.2) is 0 Å². The maximum Gasteiger partial charge on any atom is 0.413 e. The van der Waals surface area contributed by atoms with Gasteiger partial charge in [0, 0.05) is 6.04 Å². The maximum absolute atomic E-state index is 11.5. The molecule has 0 spiro atoms. The molecular formula is C11H18N2O5. The minimum absolute atomic E-state index is 0.0205. The summed E-state index contributed by atoms with van der Waals surface area (Å²) in [6.45, 7) is 2.54. The Morgan fingerprint density at radius 1 is 1.44 bits per heavy atom. The van der Waals surface area contributed by atoms with Gasteiger partial charge in [0.1, 0.15) is 0 Å². The number of alkyl carbamates (subject to hydrolysis) is 1. The van der Waals surface area contributed by atoms with E-state index in [0.29, 0.717) is 6.54 Å². The lowest BCUT2D eigenvalue weighted by atomic mass is 10.1. The van der Waals surface area contributed by atoms with Gasteiger partial charge in [-0.25, -0.2) is 4.79 Å². The Hall–Kier alpha value is -1.63. The van der Waals surface area contributed by atoms with Crippen LogP contribution in [-0.4, -0.2) is 53.7 Å². The van der Waals surface area contributed by atoms with E-state index >= 15 is 0 Å². The first-order chi connectivity index (χ1) is 8.52. The van der Waals surface area contributed by atoms with Crippen molar-refractivity contribution in [3.63, 3.8) is 0 Å². The van der Waals surface area contributed by atoms with Crippen LogP contribution in [0.25, 0.3) is 0 Å². The summed E-state index contributed by atoms with van der Waals surface area (Å²) in [4.78, 5) is 35.0. The van der Waals surface area contributed by atoms with Gasteiger partial charge in [-0.2, -0.15) is 0 Å². The summed E-state index contributed by atoms with van der Waals surface area (Å²) in [7, 11) is 0. The smallest absolute Gasteiger partial charge is 0.413 e. The predicted molar refractivity (Wildman–Crippen MR) is 62.0 cm³/mol. The van der Waals surface area contributed by atoms with E-state index < -0.39 is 18.0 Å². The third-order valence-electron chi connectivity index (χ3n) is 2.77. The van der Waals surface area contributed by atoms with Crippen molar-refractivity contribution >= 4 is 18.0 Å². The Balaban J connectivity index is 2.38. The van der Waals surface area contributed by atoms with Crippen molar-refractivity contribution in [2.24, 2.45) is 0 Å². The van der Waals surface area contributed by atoms with Crippen LogP contribution in [0.3, 0.4) is 0 Å². The Morgan fingerprint density at radius 2 is 2.17 bits per heavy atom. The van der Waals surface area contributed by atoms with Crippen LogP contribution in [-0.2, 0) is 14.3 Å². The van der Waals surface area contributed by atoms with Gasteiger partial charge in [0.2, 0.25) is 5.91 Å². The minimum Gasteiger partial charge on any atom is -0.481 e. The highest BCUT2D eigenvalue weighted by Gasteiger charge is 2.28. The molecule has 102 valence electrons. The van der Waals surface area contributed by atoms with Gasteiger partial charge < -0.3 is 9.84 Å². The van der Waals surface area contributed by atoms with Gasteiger partial charge in [0.05, 0.1) is 19.6 Å². The molecule has 1 aliphatic rings. The molecule has 18 heavy (non-hydrogen) atoms. The van der Waals surface area contributed by atoms with Crippen molar-refractivity contribution in [2.45, 2.75) is 32.2 Å². The number of carboxylic acids is 1. The van der Waals surface area contributed by atoms with Gasteiger partial charge in [-0.05, 0) is 26.3 Å². The number of nitrogens with one attached hydrogen (secondary N) is 1. The molecule has 1 saturated heterocycles. The summed E-state index contributed by atoms with van der Waals surface area (Å²) >= 11 is 0. The Labute approximate surface area is 105 Å². The largest absolute Gasteiger partial charge is 0.481 e. The number of hydrogen-bond donors (Lipinski definition) is 2. The van der Waals surface area contributed by atoms with Crippen molar-refractivity contribution in [1.29, 1.82) is 0 Å². The van der Waals surface area contributed by atoms with Crippen molar-refractivity contribution in [3.8, 4) is 0 Å². The van der Waals surface area contributed by atoms with Crippen LogP contribution in [0.15, 0.2) is 0 Å². The van der Waals surface area contributed by atoms with Crippen LogP contribution in [0.1, 0.15) is 26.2 Å². The van der Waals surface area contributed by atoms with Crippen molar-refractivity contribution in [3.05, 3.63) is 0 Å². The second kappa shape index (κ2) is 6.95. The predicted octanol–water partition coefficient (Wildman–Crippen LogP) is 0.198. The van der Waals surface area contributed by atoms with Gasteiger partial charge in [-0.15, -0.1) is 0 Å². The standard InChI is InChI=1S/C11H18N2O5/c1-2-18-11(17)12-9(14)7-13-5-3-4-8(13)6-10(15)16/h8H,2-7H2,1H3,(H,15,16)(H,12,14,17). The zero-order valence-corrected chi connectivity index (χ0v) is 10.3. The van der Waals surface area contributed by atoms with E-state index in [2.05, 4.69) is 10.1 Å². The highest BCUT2D eigenvalue weighted by Crippen LogP contribution is 2.19. The molecule has 2 amide bonds. The lowest BCUT2D eigenvalue weighted by Gasteiger charge is -2.21. The van der Waals surface area contributed by atoms with E-state index in [1.54, 1.807) is 11.8 Å². The van der Waals surface area contributed by atoms with Crippen LogP contribution < -0.4 is 5.32 Å². The number of hydrogen-bond acceptors (Lipinski definition) is 5. The fraction of sp³-hybridized carbons (Fsp3) is 0.727. The van der Waals surface area contributed by atoms with Crippen LogP contribution in [0.5, 0.6) is 0 Å². The lowest BCUT2D eigenvalue weighted by molar-refractivity contribution is -0.138. The Morgan fingerprint density at radius 3 is 2.78 bits per heavy atom. The van der Waals surface area contributed by atoms with Gasteiger partial charge >= 0.3 is 12.1 Å². The van der Waals surface area contributed by atoms with Crippen LogP contribution >= 0.6 is 0 Å². The number of rotatable bonds is 5. The van der Waals surface area contributed by atoms with Crippen molar-refractivity contribution in [2.75, 3.05) is 19.7 Å². The molecule has 0 aromatic carbocycles. The average molecular weight is 258 g/mol. The second-order valence-corrected chi connectivity index (χ2v) is 4.13. The molecule has 0 radical (unpaired) electrons. The van der Waals surface area contributed by atoms with E-state index in [4.69, 9.17) is 5.11 Å². The van der Waals surface area contributed by atoms with Crippen LogP contribution in [0.4, 0.5) is 4.79 Å². The lowest BCUT2D eigenvalue weighted by Crippen LogP contribution is -2.42. The van der Waals surface area contributed by atoms with Crippen LogP contribution in [0.2, 0.25) is 0 Å². The third kappa shape index (κ3) is 4.70. The number of carboxylic acid groups (broad SMARTS) is 1. The number of nitrogens with zero attached hydrogens (tertiary/aromatic N) is 1. The molecule has 7 heteroatoms. The number of amides is 2. The van der Waals surface area contributed by atoms with Gasteiger partial charge in [0.25, 0.3) is 0 Å². The number of ether oxygens (including phenoxy) is 1. The number of aliphatic carboxylic acids is 1. The highest BCUT2D eigenvalue weighted by atomic mass is 16.5. The number of carbonyl (C=O) groups is 3. The molecule has 1 heterocycles. The quantitative estimate of drug-likeness (QED) is 0.731. The molecule has 1 atom stereocenters. The molecule has 2 N–H and O–H groups in total. The SMILES string of the molecule is CCOC(=O)NC(=O)CN1CCCC1CC(=O)O. The number of likely N-dealkylation sites (tertiary alicyclic amines) is 1. The maximum atomic E-state index is 11.5. The number of imide groups is 1. The molecule has 0 aromatic rings. The summed E-state index contributed by atoms with van der Waals surface area (Å²) < 4.78 is 4.58. The van der Waals surface area contributed by atoms with Crippen molar-refractivity contribution in [1.82, 2.24) is 10.2 Å². The Bertz CT molecular complexity index is 331. The summed E-state index contributed by atoms with van der Waals surface area (Å²) in [6, 6.07) is -0.129. The van der Waals surface area contributed by atoms with Crippen molar-refractivity contribution < 1.29 is 24.2 Å². The topological polar surface area (TPSA) is 95.9 Å². The van der Waals surface area contributed by atoms with E-state index in [-0.39, 0.29) is 25.6 Å². The zero-order valence-electron chi connectivity index (χ0n) is 10.3. The highest BCUT2D eigenvalue weighted by molar-refractivity contribution is 5.92. The molecule has 7 nitrogen and oxygen atoms in total. The molecule has 0 aliphatic carbocycles. The molecule has 0 bridgehead atoms. The summed E-state index contributed by atoms with van der Waals surface area (Å²) in [5.41, 5.74) is 0. The molecular weight excluding hydrogens is 240 g/mol.